The predicted octanol–water partition coefficient (Wildman–Crippen LogP) is 3.46. The number of anilines is 1. The summed E-state index contributed by atoms with van der Waals surface area (Å²) in [5.74, 6) is 1.94. The van der Waals surface area contributed by atoms with Gasteiger partial charge in [-0.25, -0.2) is 4.98 Å². The van der Waals surface area contributed by atoms with E-state index in [1.54, 1.807) is 0 Å². The zero-order valence-corrected chi connectivity index (χ0v) is 11.7. The van der Waals surface area contributed by atoms with E-state index in [4.69, 9.17) is 0 Å². The van der Waals surface area contributed by atoms with Crippen LogP contribution in [-0.4, -0.2) is 23.4 Å². The van der Waals surface area contributed by atoms with E-state index < -0.39 is 0 Å². The topological polar surface area (TPSA) is 16.1 Å². The lowest BCUT2D eigenvalue weighted by molar-refractivity contribution is 0.575. The van der Waals surface area contributed by atoms with Gasteiger partial charge in [0.1, 0.15) is 5.82 Å². The number of hydrogen-bond donors (Lipinski definition) is 0. The molecule has 15 heavy (non-hydrogen) atoms. The smallest absolute Gasteiger partial charge is 0.128 e. The van der Waals surface area contributed by atoms with Gasteiger partial charge >= 0.3 is 0 Å². The van der Waals surface area contributed by atoms with E-state index >= 15 is 0 Å². The zero-order chi connectivity index (χ0) is 10.7. The first-order chi connectivity index (χ1) is 7.29. The molecule has 0 spiro atoms. The summed E-state index contributed by atoms with van der Waals surface area (Å²) in [7, 11) is 0. The number of aromatic nitrogens is 1. The first-order valence-corrected chi connectivity index (χ1v) is 7.13. The molecule has 0 saturated carbocycles. The Balaban J connectivity index is 1.98. The summed E-state index contributed by atoms with van der Waals surface area (Å²) < 4.78 is 1.04. The van der Waals surface area contributed by atoms with Crippen molar-refractivity contribution < 1.29 is 0 Å². The molecule has 1 aromatic heterocycles. The van der Waals surface area contributed by atoms with Gasteiger partial charge in [0.2, 0.25) is 0 Å². The molecular formula is C11H14Br2N2. The van der Waals surface area contributed by atoms with Gasteiger partial charge < -0.3 is 4.90 Å². The summed E-state index contributed by atoms with van der Waals surface area (Å²) in [6.45, 7) is 2.30. The molecule has 1 atom stereocenters. The average Bonchev–Trinajstić information content (AvgIpc) is 2.68. The number of pyridine rings is 1. The summed E-state index contributed by atoms with van der Waals surface area (Å²) in [6.07, 6.45) is 4.43. The molecule has 2 rings (SSSR count). The lowest BCUT2D eigenvalue weighted by Gasteiger charge is -2.17. The van der Waals surface area contributed by atoms with Crippen LogP contribution in [0.2, 0.25) is 0 Å². The van der Waals surface area contributed by atoms with Gasteiger partial charge in [0, 0.05) is 29.1 Å². The SMILES string of the molecule is BrCCC1CCN(c2ccc(Br)cn2)C1. The molecule has 0 aromatic carbocycles. The molecule has 1 aromatic rings. The molecule has 82 valence electrons. The number of halogens is 2. The Morgan fingerprint density at radius 1 is 1.47 bits per heavy atom. The normalized spacial score (nSPS) is 20.9. The molecule has 0 aliphatic carbocycles. The average molecular weight is 334 g/mol. The fraction of sp³-hybridized carbons (Fsp3) is 0.545. The zero-order valence-electron chi connectivity index (χ0n) is 8.50. The molecule has 1 saturated heterocycles. The van der Waals surface area contributed by atoms with E-state index in [-0.39, 0.29) is 0 Å². The van der Waals surface area contributed by atoms with Gasteiger partial charge in [-0.15, -0.1) is 0 Å². The van der Waals surface area contributed by atoms with Gasteiger partial charge in [-0.1, -0.05) is 15.9 Å². The Kier molecular flexibility index (Phi) is 4.03. The lowest BCUT2D eigenvalue weighted by Crippen LogP contribution is -2.20. The highest BCUT2D eigenvalue weighted by Crippen LogP contribution is 2.25. The number of hydrogen-bond acceptors (Lipinski definition) is 2. The Morgan fingerprint density at radius 3 is 3.00 bits per heavy atom. The van der Waals surface area contributed by atoms with Crippen LogP contribution in [0.25, 0.3) is 0 Å². The number of alkyl halides is 1. The van der Waals surface area contributed by atoms with Crippen molar-refractivity contribution in [1.82, 2.24) is 4.98 Å². The third-order valence-corrected chi connectivity index (χ3v) is 3.77. The molecule has 0 radical (unpaired) electrons. The van der Waals surface area contributed by atoms with Crippen molar-refractivity contribution in [3.63, 3.8) is 0 Å². The van der Waals surface area contributed by atoms with Crippen molar-refractivity contribution in [2.45, 2.75) is 12.8 Å². The quantitative estimate of drug-likeness (QED) is 0.787. The fourth-order valence-electron chi connectivity index (χ4n) is 1.99. The van der Waals surface area contributed by atoms with Crippen LogP contribution in [0.15, 0.2) is 22.8 Å². The molecule has 1 aliphatic rings. The first kappa shape index (κ1) is 11.4. The van der Waals surface area contributed by atoms with Crippen molar-refractivity contribution in [2.24, 2.45) is 5.92 Å². The highest BCUT2D eigenvalue weighted by atomic mass is 79.9. The van der Waals surface area contributed by atoms with E-state index in [9.17, 15) is 0 Å². The van der Waals surface area contributed by atoms with Gasteiger partial charge in [-0.3, -0.25) is 0 Å². The van der Waals surface area contributed by atoms with Crippen LogP contribution >= 0.6 is 31.9 Å². The van der Waals surface area contributed by atoms with Crippen LogP contribution in [0, 0.1) is 5.92 Å². The van der Waals surface area contributed by atoms with E-state index in [0.717, 1.165) is 34.6 Å². The van der Waals surface area contributed by atoms with E-state index in [1.807, 2.05) is 6.20 Å². The Hall–Kier alpha value is -0.0900. The second-order valence-electron chi connectivity index (χ2n) is 3.91. The molecule has 0 amide bonds. The van der Waals surface area contributed by atoms with Crippen molar-refractivity contribution in [1.29, 1.82) is 0 Å². The van der Waals surface area contributed by atoms with Crippen LogP contribution < -0.4 is 4.90 Å². The third-order valence-electron chi connectivity index (χ3n) is 2.84. The van der Waals surface area contributed by atoms with E-state index in [1.165, 1.54) is 12.8 Å². The standard InChI is InChI=1S/C11H14Br2N2/c12-5-3-9-4-6-15(8-9)11-2-1-10(13)7-14-11/h1-2,7,9H,3-6,8H2. The Labute approximate surface area is 107 Å². The maximum Gasteiger partial charge on any atom is 0.128 e. The summed E-state index contributed by atoms with van der Waals surface area (Å²) in [5.41, 5.74) is 0. The monoisotopic (exact) mass is 332 g/mol. The number of nitrogens with zero attached hydrogens (tertiary/aromatic N) is 2. The van der Waals surface area contributed by atoms with Crippen LogP contribution in [-0.2, 0) is 0 Å². The first-order valence-electron chi connectivity index (χ1n) is 5.22. The van der Waals surface area contributed by atoms with Crippen molar-refractivity contribution in [2.75, 3.05) is 23.3 Å². The van der Waals surface area contributed by atoms with Crippen molar-refractivity contribution in [3.05, 3.63) is 22.8 Å². The maximum atomic E-state index is 4.42. The highest BCUT2D eigenvalue weighted by Gasteiger charge is 2.22. The van der Waals surface area contributed by atoms with Gasteiger partial charge in [-0.2, -0.15) is 0 Å². The van der Waals surface area contributed by atoms with Crippen LogP contribution in [0.3, 0.4) is 0 Å². The van der Waals surface area contributed by atoms with Gasteiger partial charge in [0.25, 0.3) is 0 Å². The lowest BCUT2D eigenvalue weighted by atomic mass is 10.1. The van der Waals surface area contributed by atoms with Gasteiger partial charge in [0.15, 0.2) is 0 Å². The largest absolute Gasteiger partial charge is 0.356 e. The second kappa shape index (κ2) is 5.30. The summed E-state index contributed by atoms with van der Waals surface area (Å²) >= 11 is 6.91. The minimum absolute atomic E-state index is 0.829. The fourth-order valence-corrected chi connectivity index (χ4v) is 2.87. The van der Waals surface area contributed by atoms with Crippen molar-refractivity contribution in [3.8, 4) is 0 Å². The second-order valence-corrected chi connectivity index (χ2v) is 5.62. The summed E-state index contributed by atoms with van der Waals surface area (Å²) in [5, 5.41) is 1.11. The molecule has 1 fully saturated rings. The van der Waals surface area contributed by atoms with E-state index in [0.29, 0.717) is 0 Å². The van der Waals surface area contributed by atoms with Crippen molar-refractivity contribution >= 4 is 37.7 Å². The highest BCUT2D eigenvalue weighted by molar-refractivity contribution is 9.10. The van der Waals surface area contributed by atoms with Crippen LogP contribution in [0.4, 0.5) is 5.82 Å². The molecular weight excluding hydrogens is 320 g/mol. The van der Waals surface area contributed by atoms with Crippen LogP contribution in [0.5, 0.6) is 0 Å². The van der Waals surface area contributed by atoms with E-state index in [2.05, 4.69) is 53.9 Å². The number of rotatable bonds is 3. The molecule has 1 aliphatic heterocycles. The predicted molar refractivity (Wildman–Crippen MR) is 70.7 cm³/mol. The molecule has 4 heteroatoms. The summed E-state index contributed by atoms with van der Waals surface area (Å²) in [4.78, 5) is 6.80. The molecule has 2 nitrogen and oxygen atoms in total. The summed E-state index contributed by atoms with van der Waals surface area (Å²) in [6, 6.07) is 4.14. The third kappa shape index (κ3) is 2.94. The minimum atomic E-state index is 0.829. The molecule has 0 N–H and O–H groups in total. The van der Waals surface area contributed by atoms with Gasteiger partial charge in [0.05, 0.1) is 0 Å². The Morgan fingerprint density at radius 2 is 2.33 bits per heavy atom. The van der Waals surface area contributed by atoms with Gasteiger partial charge in [-0.05, 0) is 46.8 Å². The molecule has 1 unspecified atom stereocenters. The van der Waals surface area contributed by atoms with Crippen LogP contribution in [0.1, 0.15) is 12.8 Å². The maximum absolute atomic E-state index is 4.42. The molecule has 0 bridgehead atoms. The minimum Gasteiger partial charge on any atom is -0.356 e. The Bertz CT molecular complexity index is 313. The molecule has 2 heterocycles.